The summed E-state index contributed by atoms with van der Waals surface area (Å²) in [5.41, 5.74) is 2.96. The minimum absolute atomic E-state index is 0.262. The van der Waals surface area contributed by atoms with Gasteiger partial charge in [0.2, 0.25) is 5.91 Å². The Morgan fingerprint density at radius 2 is 1.65 bits per heavy atom. The molecule has 1 heterocycles. The van der Waals surface area contributed by atoms with Gasteiger partial charge in [0.15, 0.2) is 0 Å². The molecule has 20 heavy (non-hydrogen) atoms. The van der Waals surface area contributed by atoms with Gasteiger partial charge in [-0.1, -0.05) is 48.5 Å². The first-order valence-corrected chi connectivity index (χ1v) is 6.39. The first-order chi connectivity index (χ1) is 9.68. The van der Waals surface area contributed by atoms with E-state index in [1.165, 1.54) is 11.8 Å². The summed E-state index contributed by atoms with van der Waals surface area (Å²) < 4.78 is 0. The molecule has 3 nitrogen and oxygen atoms in total. The van der Waals surface area contributed by atoms with Crippen molar-refractivity contribution in [3.05, 3.63) is 65.7 Å². The second-order valence-corrected chi connectivity index (χ2v) is 4.65. The average molecular weight is 263 g/mol. The van der Waals surface area contributed by atoms with Crippen molar-refractivity contribution in [3.8, 4) is 0 Å². The van der Waals surface area contributed by atoms with Crippen LogP contribution >= 0.6 is 0 Å². The molecular formula is C17H13NO2. The van der Waals surface area contributed by atoms with E-state index in [-0.39, 0.29) is 11.8 Å². The Balaban J connectivity index is 2.16. The third-order valence-corrected chi connectivity index (χ3v) is 3.29. The highest BCUT2D eigenvalue weighted by Crippen LogP contribution is 2.37. The lowest BCUT2D eigenvalue weighted by molar-refractivity contribution is -0.122. The van der Waals surface area contributed by atoms with Gasteiger partial charge in [-0.15, -0.1) is 0 Å². The van der Waals surface area contributed by atoms with E-state index in [0.29, 0.717) is 11.3 Å². The van der Waals surface area contributed by atoms with Crippen LogP contribution in [0.1, 0.15) is 18.1 Å². The highest BCUT2D eigenvalue weighted by atomic mass is 16.2. The maximum atomic E-state index is 12.4. The zero-order valence-electron chi connectivity index (χ0n) is 11.0. The topological polar surface area (TPSA) is 37.4 Å². The number of imide groups is 1. The van der Waals surface area contributed by atoms with E-state index < -0.39 is 0 Å². The van der Waals surface area contributed by atoms with Crippen LogP contribution in [-0.2, 0) is 9.59 Å². The Morgan fingerprint density at radius 1 is 1.00 bits per heavy atom. The molecule has 1 aliphatic heterocycles. The van der Waals surface area contributed by atoms with Crippen LogP contribution in [0, 0.1) is 0 Å². The zero-order valence-corrected chi connectivity index (χ0v) is 11.0. The lowest BCUT2D eigenvalue weighted by Gasteiger charge is -2.11. The number of rotatable bonds is 1. The van der Waals surface area contributed by atoms with Crippen LogP contribution < -0.4 is 4.90 Å². The van der Waals surface area contributed by atoms with E-state index in [2.05, 4.69) is 0 Å². The van der Waals surface area contributed by atoms with E-state index in [0.717, 1.165) is 11.1 Å². The summed E-state index contributed by atoms with van der Waals surface area (Å²) >= 11 is 0. The first-order valence-electron chi connectivity index (χ1n) is 6.39. The summed E-state index contributed by atoms with van der Waals surface area (Å²) in [5, 5.41) is 0. The number of amides is 2. The van der Waals surface area contributed by atoms with E-state index >= 15 is 0 Å². The van der Waals surface area contributed by atoms with Crippen LogP contribution in [-0.4, -0.2) is 11.8 Å². The standard InChI is InChI=1S/C17H13NO2/c1-12(19)18-16-10-6-5-9-14(16)15(17(18)20)11-13-7-3-2-4-8-13/h2-11H,1H3/b15-11-. The maximum absolute atomic E-state index is 12.4. The van der Waals surface area contributed by atoms with Gasteiger partial charge in [0.1, 0.15) is 0 Å². The molecule has 2 amide bonds. The molecular weight excluding hydrogens is 250 g/mol. The molecule has 0 radical (unpaired) electrons. The molecule has 98 valence electrons. The number of nitrogens with zero attached hydrogens (tertiary/aromatic N) is 1. The first kappa shape index (κ1) is 12.4. The fourth-order valence-corrected chi connectivity index (χ4v) is 2.41. The number of hydrogen-bond donors (Lipinski definition) is 0. The Hall–Kier alpha value is -2.68. The van der Waals surface area contributed by atoms with Gasteiger partial charge in [-0.05, 0) is 17.7 Å². The maximum Gasteiger partial charge on any atom is 0.265 e. The Kier molecular flexibility index (Phi) is 2.95. The van der Waals surface area contributed by atoms with Crippen molar-refractivity contribution < 1.29 is 9.59 Å². The van der Waals surface area contributed by atoms with Gasteiger partial charge in [-0.25, -0.2) is 4.90 Å². The van der Waals surface area contributed by atoms with Gasteiger partial charge >= 0.3 is 0 Å². The van der Waals surface area contributed by atoms with Crippen LogP contribution in [0.2, 0.25) is 0 Å². The van der Waals surface area contributed by atoms with Crippen LogP contribution in [0.15, 0.2) is 54.6 Å². The number of anilines is 1. The third-order valence-electron chi connectivity index (χ3n) is 3.29. The summed E-state index contributed by atoms with van der Waals surface area (Å²) in [6.07, 6.45) is 1.82. The van der Waals surface area contributed by atoms with Gasteiger partial charge in [0.05, 0.1) is 11.3 Å². The fourth-order valence-electron chi connectivity index (χ4n) is 2.41. The number of para-hydroxylation sites is 1. The van der Waals surface area contributed by atoms with Crippen molar-refractivity contribution in [3.63, 3.8) is 0 Å². The second-order valence-electron chi connectivity index (χ2n) is 4.65. The number of benzene rings is 2. The summed E-state index contributed by atoms with van der Waals surface area (Å²) in [7, 11) is 0. The SMILES string of the molecule is CC(=O)N1C(=O)/C(=C\c2ccccc2)c2ccccc21. The van der Waals surface area contributed by atoms with E-state index in [1.807, 2.05) is 54.6 Å². The molecule has 0 saturated heterocycles. The highest BCUT2D eigenvalue weighted by Gasteiger charge is 2.34. The van der Waals surface area contributed by atoms with Crippen molar-refractivity contribution in [2.24, 2.45) is 0 Å². The summed E-state index contributed by atoms with van der Waals surface area (Å²) in [5.74, 6) is -0.526. The van der Waals surface area contributed by atoms with Crippen molar-refractivity contribution in [1.29, 1.82) is 0 Å². The summed E-state index contributed by atoms with van der Waals surface area (Å²) in [4.78, 5) is 25.4. The predicted molar refractivity (Wildman–Crippen MR) is 78.9 cm³/mol. The average Bonchev–Trinajstić information content (AvgIpc) is 2.73. The molecule has 2 aromatic carbocycles. The normalized spacial score (nSPS) is 15.6. The van der Waals surface area contributed by atoms with Crippen LogP contribution in [0.3, 0.4) is 0 Å². The summed E-state index contributed by atoms with van der Waals surface area (Å²) in [6, 6.07) is 17.0. The number of hydrogen-bond acceptors (Lipinski definition) is 2. The summed E-state index contributed by atoms with van der Waals surface area (Å²) in [6.45, 7) is 1.40. The van der Waals surface area contributed by atoms with Crippen LogP contribution in [0.4, 0.5) is 5.69 Å². The van der Waals surface area contributed by atoms with Gasteiger partial charge < -0.3 is 0 Å². The van der Waals surface area contributed by atoms with Crippen molar-refractivity contribution >= 4 is 29.2 Å². The molecule has 3 rings (SSSR count). The van der Waals surface area contributed by atoms with Crippen LogP contribution in [0.25, 0.3) is 11.6 Å². The Morgan fingerprint density at radius 3 is 2.35 bits per heavy atom. The molecule has 0 bridgehead atoms. The van der Waals surface area contributed by atoms with E-state index in [4.69, 9.17) is 0 Å². The smallest absolute Gasteiger partial charge is 0.265 e. The minimum Gasteiger partial charge on any atom is -0.274 e. The van der Waals surface area contributed by atoms with Crippen LogP contribution in [0.5, 0.6) is 0 Å². The molecule has 0 atom stereocenters. The predicted octanol–water partition coefficient (Wildman–Crippen LogP) is 3.12. The largest absolute Gasteiger partial charge is 0.274 e. The third kappa shape index (κ3) is 1.93. The van der Waals surface area contributed by atoms with Gasteiger partial charge in [-0.2, -0.15) is 0 Å². The number of carbonyl (C=O) groups is 2. The van der Waals surface area contributed by atoms with Gasteiger partial charge in [0.25, 0.3) is 5.91 Å². The van der Waals surface area contributed by atoms with Crippen molar-refractivity contribution in [2.45, 2.75) is 6.92 Å². The van der Waals surface area contributed by atoms with E-state index in [1.54, 1.807) is 6.07 Å². The zero-order chi connectivity index (χ0) is 14.1. The highest BCUT2D eigenvalue weighted by molar-refractivity contribution is 6.41. The van der Waals surface area contributed by atoms with Crippen molar-refractivity contribution in [1.82, 2.24) is 0 Å². The molecule has 0 aliphatic carbocycles. The molecule has 0 N–H and O–H groups in total. The molecule has 1 aliphatic rings. The number of fused-ring (bicyclic) bond motifs is 1. The minimum atomic E-state index is -0.265. The molecule has 0 aromatic heterocycles. The molecule has 3 heteroatoms. The van der Waals surface area contributed by atoms with Gasteiger partial charge in [0, 0.05) is 12.5 Å². The fraction of sp³-hybridized carbons (Fsp3) is 0.0588. The van der Waals surface area contributed by atoms with Crippen molar-refractivity contribution in [2.75, 3.05) is 4.90 Å². The van der Waals surface area contributed by atoms with Gasteiger partial charge in [-0.3, -0.25) is 9.59 Å². The lowest BCUT2D eigenvalue weighted by Crippen LogP contribution is -2.30. The molecule has 0 unspecified atom stereocenters. The second kappa shape index (κ2) is 4.78. The lowest BCUT2D eigenvalue weighted by atomic mass is 10.0. The number of carbonyl (C=O) groups excluding carboxylic acids is 2. The molecule has 0 saturated carbocycles. The Labute approximate surface area is 117 Å². The molecule has 0 spiro atoms. The quantitative estimate of drug-likeness (QED) is 0.741. The molecule has 0 fully saturated rings. The monoisotopic (exact) mass is 263 g/mol. The van der Waals surface area contributed by atoms with E-state index in [9.17, 15) is 9.59 Å². The Bertz CT molecular complexity index is 717. The molecule has 2 aromatic rings.